The SMILES string of the molecule is CC[C@H](N[C@H](C)C(=O)NCc1cccs1)c1ccc(Cl)cc1. The lowest BCUT2D eigenvalue weighted by molar-refractivity contribution is -0.123. The Morgan fingerprint density at radius 3 is 2.59 bits per heavy atom. The number of hydrogen-bond acceptors (Lipinski definition) is 3. The number of rotatable bonds is 7. The molecular weight excluding hydrogens is 316 g/mol. The van der Waals surface area contributed by atoms with Gasteiger partial charge < -0.3 is 5.32 Å². The fourth-order valence-corrected chi connectivity index (χ4v) is 3.03. The zero-order valence-electron chi connectivity index (χ0n) is 12.8. The van der Waals surface area contributed by atoms with Crippen LogP contribution in [-0.4, -0.2) is 11.9 Å². The van der Waals surface area contributed by atoms with E-state index in [0.29, 0.717) is 6.54 Å². The summed E-state index contributed by atoms with van der Waals surface area (Å²) in [5, 5.41) is 9.08. The first kappa shape index (κ1) is 17.0. The lowest BCUT2D eigenvalue weighted by atomic mass is 10.0. The third-order valence-electron chi connectivity index (χ3n) is 3.54. The van der Waals surface area contributed by atoms with E-state index >= 15 is 0 Å². The number of benzene rings is 1. The van der Waals surface area contributed by atoms with Gasteiger partial charge in [0.1, 0.15) is 0 Å². The molecule has 0 aliphatic heterocycles. The van der Waals surface area contributed by atoms with Gasteiger partial charge in [-0.25, -0.2) is 0 Å². The molecule has 22 heavy (non-hydrogen) atoms. The summed E-state index contributed by atoms with van der Waals surface area (Å²) in [6.45, 7) is 4.57. The van der Waals surface area contributed by atoms with E-state index in [2.05, 4.69) is 17.6 Å². The van der Waals surface area contributed by atoms with Gasteiger partial charge in [0.25, 0.3) is 0 Å². The quantitative estimate of drug-likeness (QED) is 0.797. The molecule has 0 saturated carbocycles. The van der Waals surface area contributed by atoms with Crippen LogP contribution in [0.5, 0.6) is 0 Å². The van der Waals surface area contributed by atoms with Gasteiger partial charge in [-0.15, -0.1) is 11.3 Å². The summed E-state index contributed by atoms with van der Waals surface area (Å²) in [6.07, 6.45) is 0.907. The van der Waals surface area contributed by atoms with Crippen molar-refractivity contribution in [2.75, 3.05) is 0 Å². The molecule has 3 nitrogen and oxygen atoms in total. The van der Waals surface area contributed by atoms with Crippen molar-refractivity contribution in [2.45, 2.75) is 38.9 Å². The maximum atomic E-state index is 12.2. The molecule has 0 radical (unpaired) electrons. The number of hydrogen-bond donors (Lipinski definition) is 2. The molecule has 1 aromatic carbocycles. The molecule has 0 spiro atoms. The zero-order valence-corrected chi connectivity index (χ0v) is 14.4. The van der Waals surface area contributed by atoms with Crippen LogP contribution in [0.1, 0.15) is 36.8 Å². The second-order valence-corrected chi connectivity index (χ2v) is 6.67. The standard InChI is InChI=1S/C17H21ClN2OS/c1-3-16(13-6-8-14(18)9-7-13)20-12(2)17(21)19-11-15-5-4-10-22-15/h4-10,12,16,20H,3,11H2,1-2H3,(H,19,21)/t12-,16+/m1/s1. The second kappa shape index (κ2) is 8.32. The maximum absolute atomic E-state index is 12.2. The van der Waals surface area contributed by atoms with Crippen LogP contribution in [-0.2, 0) is 11.3 Å². The first-order valence-electron chi connectivity index (χ1n) is 7.41. The van der Waals surface area contributed by atoms with Crippen LogP contribution in [0, 0.1) is 0 Å². The van der Waals surface area contributed by atoms with E-state index in [9.17, 15) is 4.79 Å². The number of nitrogens with one attached hydrogen (secondary N) is 2. The molecule has 0 saturated heterocycles. The number of thiophene rings is 1. The van der Waals surface area contributed by atoms with Gasteiger partial charge in [-0.1, -0.05) is 36.7 Å². The van der Waals surface area contributed by atoms with Crippen molar-refractivity contribution in [1.82, 2.24) is 10.6 Å². The summed E-state index contributed by atoms with van der Waals surface area (Å²) in [7, 11) is 0. The number of carbonyl (C=O) groups excluding carboxylic acids is 1. The Hall–Kier alpha value is -1.36. The number of carbonyl (C=O) groups is 1. The molecule has 0 fully saturated rings. The third-order valence-corrected chi connectivity index (χ3v) is 4.67. The number of amides is 1. The average molecular weight is 337 g/mol. The molecule has 2 aromatic rings. The Labute approximate surface area is 140 Å². The molecule has 0 aliphatic carbocycles. The van der Waals surface area contributed by atoms with Crippen molar-refractivity contribution in [1.29, 1.82) is 0 Å². The molecule has 2 atom stereocenters. The minimum Gasteiger partial charge on any atom is -0.350 e. The molecule has 5 heteroatoms. The predicted octanol–water partition coefficient (Wildman–Crippen LogP) is 4.15. The molecule has 0 bridgehead atoms. The topological polar surface area (TPSA) is 41.1 Å². The van der Waals surface area contributed by atoms with Gasteiger partial charge in [-0.3, -0.25) is 10.1 Å². The van der Waals surface area contributed by atoms with E-state index in [1.165, 1.54) is 0 Å². The molecule has 0 aliphatic rings. The Morgan fingerprint density at radius 2 is 2.00 bits per heavy atom. The van der Waals surface area contributed by atoms with Crippen LogP contribution in [0.3, 0.4) is 0 Å². The van der Waals surface area contributed by atoms with Gasteiger partial charge in [0.05, 0.1) is 12.6 Å². The summed E-state index contributed by atoms with van der Waals surface area (Å²) >= 11 is 7.57. The molecule has 1 aromatic heterocycles. The van der Waals surface area contributed by atoms with Gasteiger partial charge in [0, 0.05) is 15.9 Å². The highest BCUT2D eigenvalue weighted by atomic mass is 35.5. The van der Waals surface area contributed by atoms with Crippen LogP contribution in [0.25, 0.3) is 0 Å². The monoisotopic (exact) mass is 336 g/mol. The summed E-state index contributed by atoms with van der Waals surface area (Å²) < 4.78 is 0. The number of halogens is 1. The Balaban J connectivity index is 1.89. The van der Waals surface area contributed by atoms with Crippen molar-refractivity contribution < 1.29 is 4.79 Å². The fourth-order valence-electron chi connectivity index (χ4n) is 2.26. The van der Waals surface area contributed by atoms with E-state index in [4.69, 9.17) is 11.6 Å². The summed E-state index contributed by atoms with van der Waals surface area (Å²) in [6, 6.07) is 11.7. The van der Waals surface area contributed by atoms with Crippen LogP contribution in [0.4, 0.5) is 0 Å². The lowest BCUT2D eigenvalue weighted by Gasteiger charge is -2.22. The van der Waals surface area contributed by atoms with Crippen LogP contribution >= 0.6 is 22.9 Å². The first-order chi connectivity index (χ1) is 10.6. The van der Waals surface area contributed by atoms with Gasteiger partial charge in [0.15, 0.2) is 0 Å². The molecule has 2 rings (SSSR count). The smallest absolute Gasteiger partial charge is 0.237 e. The van der Waals surface area contributed by atoms with E-state index in [1.807, 2.05) is 48.7 Å². The molecule has 2 N–H and O–H groups in total. The fraction of sp³-hybridized carbons (Fsp3) is 0.353. The van der Waals surface area contributed by atoms with Crippen LogP contribution in [0.15, 0.2) is 41.8 Å². The van der Waals surface area contributed by atoms with Crippen molar-refractivity contribution in [3.8, 4) is 0 Å². The van der Waals surface area contributed by atoms with Crippen LogP contribution < -0.4 is 10.6 Å². The summed E-state index contributed by atoms with van der Waals surface area (Å²) in [4.78, 5) is 13.3. The third kappa shape index (κ3) is 4.83. The Morgan fingerprint density at radius 1 is 1.27 bits per heavy atom. The zero-order chi connectivity index (χ0) is 15.9. The van der Waals surface area contributed by atoms with Crippen molar-refractivity contribution in [2.24, 2.45) is 0 Å². The highest BCUT2D eigenvalue weighted by Gasteiger charge is 2.17. The van der Waals surface area contributed by atoms with Gasteiger partial charge in [0.2, 0.25) is 5.91 Å². The van der Waals surface area contributed by atoms with Crippen molar-refractivity contribution in [3.05, 3.63) is 57.2 Å². The maximum Gasteiger partial charge on any atom is 0.237 e. The van der Waals surface area contributed by atoms with Crippen molar-refractivity contribution in [3.63, 3.8) is 0 Å². The Bertz CT molecular complexity index is 583. The first-order valence-corrected chi connectivity index (χ1v) is 8.67. The summed E-state index contributed by atoms with van der Waals surface area (Å²) in [5.74, 6) is 0.0146. The average Bonchev–Trinajstić information content (AvgIpc) is 3.04. The van der Waals surface area contributed by atoms with E-state index in [1.54, 1.807) is 11.3 Å². The highest BCUT2D eigenvalue weighted by molar-refractivity contribution is 7.09. The van der Waals surface area contributed by atoms with Gasteiger partial charge in [-0.05, 0) is 42.5 Å². The van der Waals surface area contributed by atoms with Crippen molar-refractivity contribution >= 4 is 28.8 Å². The molecule has 1 heterocycles. The minimum absolute atomic E-state index is 0.0146. The lowest BCUT2D eigenvalue weighted by Crippen LogP contribution is -2.43. The highest BCUT2D eigenvalue weighted by Crippen LogP contribution is 2.19. The predicted molar refractivity (Wildman–Crippen MR) is 93.2 cm³/mol. The van der Waals surface area contributed by atoms with E-state index < -0.39 is 0 Å². The molecule has 118 valence electrons. The van der Waals surface area contributed by atoms with Gasteiger partial charge >= 0.3 is 0 Å². The largest absolute Gasteiger partial charge is 0.350 e. The Kier molecular flexibility index (Phi) is 6.43. The normalized spacial score (nSPS) is 13.6. The minimum atomic E-state index is -0.249. The van der Waals surface area contributed by atoms with E-state index in [-0.39, 0.29) is 18.0 Å². The second-order valence-electron chi connectivity index (χ2n) is 5.20. The molecule has 1 amide bonds. The molecular formula is C17H21ClN2OS. The van der Waals surface area contributed by atoms with E-state index in [0.717, 1.165) is 21.9 Å². The van der Waals surface area contributed by atoms with Crippen LogP contribution in [0.2, 0.25) is 5.02 Å². The summed E-state index contributed by atoms with van der Waals surface area (Å²) in [5.41, 5.74) is 1.14. The molecule has 0 unspecified atom stereocenters. The van der Waals surface area contributed by atoms with Gasteiger partial charge in [-0.2, -0.15) is 0 Å².